The Morgan fingerprint density at radius 1 is 1.22 bits per heavy atom. The first-order valence-electron chi connectivity index (χ1n) is 5.74. The normalized spacial score (nSPS) is 10.9. The second-order valence-electron chi connectivity index (χ2n) is 4.15. The van der Waals surface area contributed by atoms with E-state index in [1.54, 1.807) is 12.1 Å². The van der Waals surface area contributed by atoms with Crippen LogP contribution >= 0.6 is 0 Å². The molecule has 2 heterocycles. The molecule has 0 saturated carbocycles. The smallest absolute Gasteiger partial charge is 0.137 e. The number of fused-ring (bicyclic) bond motifs is 1. The van der Waals surface area contributed by atoms with Gasteiger partial charge in [0.05, 0.1) is 5.69 Å². The van der Waals surface area contributed by atoms with Crippen molar-refractivity contribution in [3.63, 3.8) is 0 Å². The first kappa shape index (κ1) is 10.8. The fourth-order valence-corrected chi connectivity index (χ4v) is 1.97. The molecule has 0 bridgehead atoms. The molecule has 0 aliphatic rings. The molecule has 4 nitrogen and oxygen atoms in total. The molecule has 0 radical (unpaired) electrons. The van der Waals surface area contributed by atoms with Gasteiger partial charge in [0.25, 0.3) is 0 Å². The Bertz CT molecular complexity index is 703. The number of phenols is 1. The van der Waals surface area contributed by atoms with Gasteiger partial charge in [0.2, 0.25) is 0 Å². The Morgan fingerprint density at radius 2 is 2.06 bits per heavy atom. The van der Waals surface area contributed by atoms with Crippen molar-refractivity contribution in [1.29, 1.82) is 0 Å². The molecule has 0 atom stereocenters. The molecule has 0 saturated heterocycles. The summed E-state index contributed by atoms with van der Waals surface area (Å²) in [4.78, 5) is 4.50. The molecule has 0 spiro atoms. The molecular formula is C14H13N3O. The fourth-order valence-electron chi connectivity index (χ4n) is 1.97. The van der Waals surface area contributed by atoms with E-state index in [1.807, 2.05) is 41.1 Å². The van der Waals surface area contributed by atoms with Crippen molar-refractivity contribution in [2.45, 2.75) is 6.54 Å². The van der Waals surface area contributed by atoms with Crippen LogP contribution in [0.15, 0.2) is 48.8 Å². The van der Waals surface area contributed by atoms with E-state index < -0.39 is 0 Å². The fraction of sp³-hybridized carbons (Fsp3) is 0.0714. The minimum Gasteiger partial charge on any atom is -0.507 e. The van der Waals surface area contributed by atoms with Crippen molar-refractivity contribution in [1.82, 2.24) is 9.38 Å². The molecular weight excluding hydrogens is 226 g/mol. The average Bonchev–Trinajstić information content (AvgIpc) is 2.81. The van der Waals surface area contributed by atoms with E-state index in [0.717, 1.165) is 22.5 Å². The minimum atomic E-state index is 0.236. The Balaban J connectivity index is 2.17. The highest BCUT2D eigenvalue weighted by atomic mass is 16.3. The number of benzene rings is 1. The number of imidazole rings is 1. The Labute approximate surface area is 104 Å². The van der Waals surface area contributed by atoms with Gasteiger partial charge in [-0.15, -0.1) is 0 Å². The van der Waals surface area contributed by atoms with Gasteiger partial charge in [-0.2, -0.15) is 0 Å². The minimum absolute atomic E-state index is 0.236. The topological polar surface area (TPSA) is 63.5 Å². The third-order valence-corrected chi connectivity index (χ3v) is 2.94. The van der Waals surface area contributed by atoms with Crippen LogP contribution in [0.4, 0.5) is 0 Å². The maximum Gasteiger partial charge on any atom is 0.137 e. The van der Waals surface area contributed by atoms with Gasteiger partial charge in [-0.1, -0.05) is 12.1 Å². The Hall–Kier alpha value is -2.33. The average molecular weight is 239 g/mol. The summed E-state index contributed by atoms with van der Waals surface area (Å²) in [6, 6.07) is 11.1. The molecule has 0 aliphatic heterocycles. The maximum atomic E-state index is 9.82. The molecule has 3 rings (SSSR count). The molecule has 0 aliphatic carbocycles. The summed E-state index contributed by atoms with van der Waals surface area (Å²) in [5.41, 5.74) is 8.96. The highest BCUT2D eigenvalue weighted by Crippen LogP contribution is 2.27. The second-order valence-corrected chi connectivity index (χ2v) is 4.15. The molecule has 18 heavy (non-hydrogen) atoms. The zero-order chi connectivity index (χ0) is 12.5. The number of aromatic hydroxyl groups is 1. The zero-order valence-corrected chi connectivity index (χ0v) is 9.74. The second kappa shape index (κ2) is 4.16. The molecule has 4 heteroatoms. The SMILES string of the molecule is NCc1ccn2cc(-c3ccccc3O)nc2c1. The standard InChI is InChI=1S/C14H13N3O/c15-8-10-5-6-17-9-12(16-14(17)7-10)11-3-1-2-4-13(11)18/h1-7,9,18H,8,15H2. The van der Waals surface area contributed by atoms with E-state index in [9.17, 15) is 5.11 Å². The van der Waals surface area contributed by atoms with Crippen LogP contribution in [0, 0.1) is 0 Å². The third kappa shape index (κ3) is 1.72. The van der Waals surface area contributed by atoms with Crippen LogP contribution in [0.25, 0.3) is 16.9 Å². The molecule has 90 valence electrons. The molecule has 2 aromatic heterocycles. The van der Waals surface area contributed by atoms with Gasteiger partial charge < -0.3 is 15.2 Å². The van der Waals surface area contributed by atoms with E-state index in [0.29, 0.717) is 6.54 Å². The van der Waals surface area contributed by atoms with Crippen molar-refractivity contribution in [3.8, 4) is 17.0 Å². The summed E-state index contributed by atoms with van der Waals surface area (Å²) in [5, 5.41) is 9.82. The lowest BCUT2D eigenvalue weighted by molar-refractivity contribution is 0.477. The largest absolute Gasteiger partial charge is 0.507 e. The highest BCUT2D eigenvalue weighted by molar-refractivity contribution is 5.68. The van der Waals surface area contributed by atoms with Gasteiger partial charge in [-0.3, -0.25) is 0 Å². The van der Waals surface area contributed by atoms with Crippen molar-refractivity contribution in [2.24, 2.45) is 5.73 Å². The lowest BCUT2D eigenvalue weighted by Gasteiger charge is -1.98. The summed E-state index contributed by atoms with van der Waals surface area (Å²) in [7, 11) is 0. The van der Waals surface area contributed by atoms with Gasteiger partial charge in [-0.05, 0) is 29.8 Å². The van der Waals surface area contributed by atoms with Gasteiger partial charge in [0.15, 0.2) is 0 Å². The number of pyridine rings is 1. The number of hydrogen-bond acceptors (Lipinski definition) is 3. The summed E-state index contributed by atoms with van der Waals surface area (Å²) >= 11 is 0. The number of nitrogens with two attached hydrogens (primary N) is 1. The van der Waals surface area contributed by atoms with Crippen molar-refractivity contribution >= 4 is 5.65 Å². The zero-order valence-electron chi connectivity index (χ0n) is 9.74. The van der Waals surface area contributed by atoms with Crippen LogP contribution in [0.5, 0.6) is 5.75 Å². The van der Waals surface area contributed by atoms with Crippen LogP contribution in [-0.2, 0) is 6.54 Å². The monoisotopic (exact) mass is 239 g/mol. The van der Waals surface area contributed by atoms with Crippen LogP contribution in [-0.4, -0.2) is 14.5 Å². The van der Waals surface area contributed by atoms with Gasteiger partial charge >= 0.3 is 0 Å². The number of para-hydroxylation sites is 1. The summed E-state index contributed by atoms with van der Waals surface area (Å²) < 4.78 is 1.92. The number of aromatic nitrogens is 2. The van der Waals surface area contributed by atoms with E-state index in [2.05, 4.69) is 4.98 Å². The predicted octanol–water partition coefficient (Wildman–Crippen LogP) is 2.17. The quantitative estimate of drug-likeness (QED) is 0.720. The van der Waals surface area contributed by atoms with Crippen LogP contribution in [0.2, 0.25) is 0 Å². The Morgan fingerprint density at radius 3 is 2.83 bits per heavy atom. The molecule has 1 aromatic carbocycles. The predicted molar refractivity (Wildman–Crippen MR) is 70.2 cm³/mol. The lowest BCUT2D eigenvalue weighted by atomic mass is 10.1. The van der Waals surface area contributed by atoms with Crippen molar-refractivity contribution in [3.05, 3.63) is 54.4 Å². The number of nitrogens with zero attached hydrogens (tertiary/aromatic N) is 2. The van der Waals surface area contributed by atoms with Crippen LogP contribution in [0.3, 0.4) is 0 Å². The maximum absolute atomic E-state index is 9.82. The van der Waals surface area contributed by atoms with E-state index >= 15 is 0 Å². The molecule has 0 amide bonds. The molecule has 3 aromatic rings. The molecule has 0 fully saturated rings. The summed E-state index contributed by atoms with van der Waals surface area (Å²) in [6.07, 6.45) is 3.82. The van der Waals surface area contributed by atoms with Gasteiger partial charge in [0, 0.05) is 24.5 Å². The third-order valence-electron chi connectivity index (χ3n) is 2.94. The summed E-state index contributed by atoms with van der Waals surface area (Å²) in [6.45, 7) is 0.495. The van der Waals surface area contributed by atoms with Crippen molar-refractivity contribution in [2.75, 3.05) is 0 Å². The molecule has 3 N–H and O–H groups in total. The number of hydrogen-bond donors (Lipinski definition) is 2. The highest BCUT2D eigenvalue weighted by Gasteiger charge is 2.08. The van der Waals surface area contributed by atoms with E-state index in [-0.39, 0.29) is 5.75 Å². The Kier molecular flexibility index (Phi) is 2.50. The number of phenolic OH excluding ortho intramolecular Hbond substituents is 1. The van der Waals surface area contributed by atoms with Gasteiger partial charge in [-0.25, -0.2) is 4.98 Å². The van der Waals surface area contributed by atoms with Crippen molar-refractivity contribution < 1.29 is 5.11 Å². The number of rotatable bonds is 2. The first-order chi connectivity index (χ1) is 8.78. The van der Waals surface area contributed by atoms with E-state index in [1.165, 1.54) is 0 Å². The molecule has 0 unspecified atom stereocenters. The van der Waals surface area contributed by atoms with E-state index in [4.69, 9.17) is 5.73 Å². The lowest BCUT2D eigenvalue weighted by Crippen LogP contribution is -1.96. The summed E-state index contributed by atoms with van der Waals surface area (Å²) in [5.74, 6) is 0.236. The van der Waals surface area contributed by atoms with Crippen LogP contribution < -0.4 is 5.73 Å². The van der Waals surface area contributed by atoms with Crippen LogP contribution in [0.1, 0.15) is 5.56 Å². The van der Waals surface area contributed by atoms with Gasteiger partial charge in [0.1, 0.15) is 11.4 Å². The first-order valence-corrected chi connectivity index (χ1v) is 5.74.